The number of fused-ring (bicyclic) bond motifs is 1. The molecule has 2 N–H and O–H groups in total. The van der Waals surface area contributed by atoms with Gasteiger partial charge in [0.1, 0.15) is 0 Å². The SMILES string of the molecule is O=C(NCCCCCC(=O)N1CCc2[nH]nc(-c3cccc(Cl)c3)c2C1)c1ccccc1. The smallest absolute Gasteiger partial charge is 0.251 e. The number of carbonyl (C=O) groups excluding carboxylic acids is 2. The predicted octanol–water partition coefficient (Wildman–Crippen LogP) is 4.61. The van der Waals surface area contributed by atoms with E-state index in [1.807, 2.05) is 47.4 Å². The first kappa shape index (κ1) is 22.1. The molecule has 0 radical (unpaired) electrons. The summed E-state index contributed by atoms with van der Waals surface area (Å²) in [6.07, 6.45) is 3.87. The minimum Gasteiger partial charge on any atom is -0.352 e. The minimum absolute atomic E-state index is 0.0542. The number of nitrogens with zero attached hydrogens (tertiary/aromatic N) is 2. The first-order valence-corrected chi connectivity index (χ1v) is 11.4. The maximum atomic E-state index is 12.8. The van der Waals surface area contributed by atoms with E-state index in [0.29, 0.717) is 36.6 Å². The van der Waals surface area contributed by atoms with Crippen molar-refractivity contribution in [1.82, 2.24) is 20.4 Å². The van der Waals surface area contributed by atoms with Gasteiger partial charge in [0.25, 0.3) is 5.91 Å². The van der Waals surface area contributed by atoms with Gasteiger partial charge in [-0.15, -0.1) is 0 Å². The van der Waals surface area contributed by atoms with Gasteiger partial charge in [0, 0.05) is 59.9 Å². The van der Waals surface area contributed by atoms with Crippen LogP contribution in [0.25, 0.3) is 11.3 Å². The molecule has 0 atom stereocenters. The van der Waals surface area contributed by atoms with Crippen LogP contribution in [0.15, 0.2) is 54.6 Å². The summed E-state index contributed by atoms with van der Waals surface area (Å²) in [6, 6.07) is 16.8. The van der Waals surface area contributed by atoms with E-state index in [0.717, 1.165) is 48.2 Å². The van der Waals surface area contributed by atoms with Crippen LogP contribution in [0.1, 0.15) is 47.3 Å². The lowest BCUT2D eigenvalue weighted by molar-refractivity contribution is -0.132. The van der Waals surface area contributed by atoms with E-state index in [2.05, 4.69) is 15.5 Å². The molecule has 0 spiro atoms. The van der Waals surface area contributed by atoms with E-state index in [-0.39, 0.29) is 11.8 Å². The third-order valence-corrected chi connectivity index (χ3v) is 6.01. The highest BCUT2D eigenvalue weighted by molar-refractivity contribution is 6.30. The number of unbranched alkanes of at least 4 members (excludes halogenated alkanes) is 2. The van der Waals surface area contributed by atoms with Gasteiger partial charge in [-0.2, -0.15) is 5.10 Å². The van der Waals surface area contributed by atoms with Crippen LogP contribution in [-0.2, 0) is 17.8 Å². The van der Waals surface area contributed by atoms with Gasteiger partial charge >= 0.3 is 0 Å². The second kappa shape index (κ2) is 10.5. The molecule has 1 aliphatic rings. The molecule has 0 saturated carbocycles. The number of halogens is 1. The molecular formula is C25H27ClN4O2. The molecule has 0 bridgehead atoms. The van der Waals surface area contributed by atoms with Gasteiger partial charge in [-0.05, 0) is 37.1 Å². The third kappa shape index (κ3) is 5.37. The van der Waals surface area contributed by atoms with Gasteiger partial charge < -0.3 is 10.2 Å². The van der Waals surface area contributed by atoms with Crippen molar-refractivity contribution in [2.24, 2.45) is 0 Å². The Bertz CT molecular complexity index is 1080. The highest BCUT2D eigenvalue weighted by atomic mass is 35.5. The summed E-state index contributed by atoms with van der Waals surface area (Å²) < 4.78 is 0. The normalized spacial score (nSPS) is 13.0. The maximum Gasteiger partial charge on any atom is 0.251 e. The van der Waals surface area contributed by atoms with Crippen LogP contribution in [0.4, 0.5) is 0 Å². The molecule has 1 aliphatic heterocycles. The van der Waals surface area contributed by atoms with Crippen molar-refractivity contribution >= 4 is 23.4 Å². The van der Waals surface area contributed by atoms with Gasteiger partial charge in [-0.25, -0.2) is 0 Å². The Balaban J connectivity index is 1.22. The molecule has 0 unspecified atom stereocenters. The van der Waals surface area contributed by atoms with Crippen molar-refractivity contribution < 1.29 is 9.59 Å². The Kier molecular flexibility index (Phi) is 7.22. The molecule has 4 rings (SSSR count). The fraction of sp³-hybridized carbons (Fsp3) is 0.320. The predicted molar refractivity (Wildman–Crippen MR) is 125 cm³/mol. The molecule has 32 heavy (non-hydrogen) atoms. The monoisotopic (exact) mass is 450 g/mol. The van der Waals surface area contributed by atoms with Crippen molar-refractivity contribution in [3.05, 3.63) is 76.4 Å². The molecule has 166 valence electrons. The number of hydrogen-bond donors (Lipinski definition) is 2. The summed E-state index contributed by atoms with van der Waals surface area (Å²) >= 11 is 6.14. The average molecular weight is 451 g/mol. The second-order valence-electron chi connectivity index (χ2n) is 8.04. The summed E-state index contributed by atoms with van der Waals surface area (Å²) in [5, 5.41) is 11.2. The summed E-state index contributed by atoms with van der Waals surface area (Å²) in [5.74, 6) is 0.114. The van der Waals surface area contributed by atoms with Crippen LogP contribution >= 0.6 is 11.6 Å². The number of aromatic nitrogens is 2. The highest BCUT2D eigenvalue weighted by Crippen LogP contribution is 2.30. The maximum absolute atomic E-state index is 12.8. The summed E-state index contributed by atoms with van der Waals surface area (Å²) in [5.41, 5.74) is 4.67. The number of benzene rings is 2. The molecule has 2 amide bonds. The van der Waals surface area contributed by atoms with E-state index in [9.17, 15) is 9.59 Å². The Hall–Kier alpha value is -3.12. The van der Waals surface area contributed by atoms with Gasteiger partial charge in [-0.3, -0.25) is 14.7 Å². The molecule has 0 aliphatic carbocycles. The van der Waals surface area contributed by atoms with E-state index in [1.165, 1.54) is 0 Å². The number of hydrogen-bond acceptors (Lipinski definition) is 3. The zero-order chi connectivity index (χ0) is 22.3. The number of amides is 2. The van der Waals surface area contributed by atoms with Gasteiger partial charge in [0.2, 0.25) is 5.91 Å². The van der Waals surface area contributed by atoms with Crippen LogP contribution in [0.2, 0.25) is 5.02 Å². The van der Waals surface area contributed by atoms with E-state index < -0.39 is 0 Å². The van der Waals surface area contributed by atoms with Crippen molar-refractivity contribution in [3.63, 3.8) is 0 Å². The molecule has 6 nitrogen and oxygen atoms in total. The molecule has 3 aromatic rings. The lowest BCUT2D eigenvalue weighted by atomic mass is 10.0. The zero-order valence-corrected chi connectivity index (χ0v) is 18.7. The van der Waals surface area contributed by atoms with Gasteiger partial charge in [0.15, 0.2) is 0 Å². The van der Waals surface area contributed by atoms with Gasteiger partial charge in [0.05, 0.1) is 5.69 Å². The average Bonchev–Trinajstić information content (AvgIpc) is 3.25. The van der Waals surface area contributed by atoms with Crippen LogP contribution in [0, 0.1) is 0 Å². The first-order chi connectivity index (χ1) is 15.6. The fourth-order valence-corrected chi connectivity index (χ4v) is 4.20. The Morgan fingerprint density at radius 2 is 1.91 bits per heavy atom. The molecule has 1 aromatic heterocycles. The van der Waals surface area contributed by atoms with Crippen molar-refractivity contribution in [3.8, 4) is 11.3 Å². The van der Waals surface area contributed by atoms with Crippen molar-refractivity contribution in [2.75, 3.05) is 13.1 Å². The van der Waals surface area contributed by atoms with E-state index in [4.69, 9.17) is 11.6 Å². The third-order valence-electron chi connectivity index (χ3n) is 5.77. The summed E-state index contributed by atoms with van der Waals surface area (Å²) in [6.45, 7) is 1.89. The summed E-state index contributed by atoms with van der Waals surface area (Å²) in [4.78, 5) is 26.7. The largest absolute Gasteiger partial charge is 0.352 e. The van der Waals surface area contributed by atoms with Crippen molar-refractivity contribution in [1.29, 1.82) is 0 Å². The van der Waals surface area contributed by atoms with E-state index >= 15 is 0 Å². The van der Waals surface area contributed by atoms with E-state index in [1.54, 1.807) is 12.1 Å². The Morgan fingerprint density at radius 1 is 1.06 bits per heavy atom. The lowest BCUT2D eigenvalue weighted by Crippen LogP contribution is -2.35. The molecule has 0 fully saturated rings. The topological polar surface area (TPSA) is 78.1 Å². The lowest BCUT2D eigenvalue weighted by Gasteiger charge is -2.27. The van der Waals surface area contributed by atoms with Crippen LogP contribution in [-0.4, -0.2) is 40.0 Å². The molecular weight excluding hydrogens is 424 g/mol. The van der Waals surface area contributed by atoms with Crippen LogP contribution in [0.5, 0.6) is 0 Å². The number of rotatable bonds is 8. The zero-order valence-electron chi connectivity index (χ0n) is 17.9. The first-order valence-electron chi connectivity index (χ1n) is 11.0. The highest BCUT2D eigenvalue weighted by Gasteiger charge is 2.25. The second-order valence-corrected chi connectivity index (χ2v) is 8.47. The number of carbonyl (C=O) groups is 2. The summed E-state index contributed by atoms with van der Waals surface area (Å²) in [7, 11) is 0. The van der Waals surface area contributed by atoms with Gasteiger partial charge in [-0.1, -0.05) is 48.4 Å². The Labute approximate surface area is 193 Å². The van der Waals surface area contributed by atoms with Crippen LogP contribution in [0.3, 0.4) is 0 Å². The van der Waals surface area contributed by atoms with Crippen molar-refractivity contribution in [2.45, 2.75) is 38.6 Å². The molecule has 7 heteroatoms. The number of nitrogens with one attached hydrogen (secondary N) is 2. The Morgan fingerprint density at radius 3 is 2.72 bits per heavy atom. The van der Waals surface area contributed by atoms with Crippen LogP contribution < -0.4 is 5.32 Å². The number of aromatic amines is 1. The molecule has 0 saturated heterocycles. The number of H-pyrrole nitrogens is 1. The quantitative estimate of drug-likeness (QED) is 0.492. The fourth-order valence-electron chi connectivity index (χ4n) is 4.01. The standard InChI is InChI=1S/C25H27ClN4O2/c26-20-11-7-10-19(16-20)24-21-17-30(15-13-22(21)28-29-24)23(31)12-5-2-6-14-27-25(32)18-8-3-1-4-9-18/h1,3-4,7-11,16H,2,5-6,12-15,17H2,(H,27,32)(H,28,29). The molecule has 2 heterocycles. The minimum atomic E-state index is -0.0542. The molecule has 2 aromatic carbocycles.